The molecule has 0 saturated carbocycles. The lowest BCUT2D eigenvalue weighted by Gasteiger charge is -2.15. The highest BCUT2D eigenvalue weighted by Gasteiger charge is 2.12. The molecule has 1 amide bonds. The Morgan fingerprint density at radius 3 is 3.00 bits per heavy atom. The Bertz CT molecular complexity index is 360. The van der Waals surface area contributed by atoms with E-state index >= 15 is 0 Å². The lowest BCUT2D eigenvalue weighted by molar-refractivity contribution is 0.0900. The van der Waals surface area contributed by atoms with Crippen LogP contribution in [-0.4, -0.2) is 37.2 Å². The van der Waals surface area contributed by atoms with Crippen LogP contribution in [0.5, 0.6) is 0 Å². The summed E-state index contributed by atoms with van der Waals surface area (Å²) in [5.41, 5.74) is 5.59. The topological polar surface area (TPSA) is 77.2 Å². The normalized spacial score (nSPS) is 12.2. The van der Waals surface area contributed by atoms with Crippen LogP contribution in [0.25, 0.3) is 0 Å². The molecular formula is C10H14FN3O2. The van der Waals surface area contributed by atoms with Crippen molar-refractivity contribution in [1.82, 2.24) is 10.3 Å². The van der Waals surface area contributed by atoms with Gasteiger partial charge in [0.15, 0.2) is 0 Å². The maximum atomic E-state index is 12.8. The molecule has 1 heterocycles. The molecule has 1 aromatic rings. The van der Waals surface area contributed by atoms with Crippen LogP contribution >= 0.6 is 0 Å². The van der Waals surface area contributed by atoms with Crippen LogP contribution in [0.4, 0.5) is 4.39 Å². The first kappa shape index (κ1) is 12.5. The molecule has 1 atom stereocenters. The summed E-state index contributed by atoms with van der Waals surface area (Å²) in [6.07, 6.45) is 2.32. The number of amides is 1. The Balaban J connectivity index is 2.64. The first-order valence-electron chi connectivity index (χ1n) is 4.77. The molecule has 88 valence electrons. The minimum atomic E-state index is -0.552. The Labute approximate surface area is 92.8 Å². The summed E-state index contributed by atoms with van der Waals surface area (Å²) in [5, 5.41) is 2.62. The molecule has 1 unspecified atom stereocenters. The predicted molar refractivity (Wildman–Crippen MR) is 56.4 cm³/mol. The van der Waals surface area contributed by atoms with E-state index in [4.69, 9.17) is 10.5 Å². The Hall–Kier alpha value is -1.53. The fraction of sp³-hybridized carbons (Fsp3) is 0.400. The maximum absolute atomic E-state index is 12.8. The standard InChI is InChI=1S/C10H14FN3O2/c1-16-6-9(3-12)14-10(15)7-2-8(11)5-13-4-7/h2,4-5,9H,3,6,12H2,1H3,(H,14,15). The summed E-state index contributed by atoms with van der Waals surface area (Å²) in [6, 6.07) is 0.823. The smallest absolute Gasteiger partial charge is 0.253 e. The zero-order chi connectivity index (χ0) is 12.0. The van der Waals surface area contributed by atoms with Crippen molar-refractivity contribution in [2.45, 2.75) is 6.04 Å². The van der Waals surface area contributed by atoms with E-state index in [-0.39, 0.29) is 18.2 Å². The van der Waals surface area contributed by atoms with E-state index in [0.717, 1.165) is 12.3 Å². The largest absolute Gasteiger partial charge is 0.383 e. The molecule has 6 heteroatoms. The highest BCUT2D eigenvalue weighted by molar-refractivity contribution is 5.94. The molecule has 16 heavy (non-hydrogen) atoms. The summed E-state index contributed by atoms with van der Waals surface area (Å²) in [7, 11) is 1.51. The van der Waals surface area contributed by atoms with Crippen LogP contribution in [0.15, 0.2) is 18.5 Å². The zero-order valence-corrected chi connectivity index (χ0v) is 8.94. The molecule has 0 fully saturated rings. The predicted octanol–water partition coefficient (Wildman–Crippen LogP) is -0.0758. The van der Waals surface area contributed by atoms with Gasteiger partial charge in [0.2, 0.25) is 0 Å². The fourth-order valence-electron chi connectivity index (χ4n) is 1.17. The van der Waals surface area contributed by atoms with E-state index in [1.165, 1.54) is 13.3 Å². The quantitative estimate of drug-likeness (QED) is 0.737. The van der Waals surface area contributed by atoms with Crippen molar-refractivity contribution in [2.75, 3.05) is 20.3 Å². The van der Waals surface area contributed by atoms with E-state index in [2.05, 4.69) is 10.3 Å². The van der Waals surface area contributed by atoms with E-state index in [9.17, 15) is 9.18 Å². The third-order valence-electron chi connectivity index (χ3n) is 1.95. The first-order valence-corrected chi connectivity index (χ1v) is 4.77. The van der Waals surface area contributed by atoms with Gasteiger partial charge in [-0.05, 0) is 6.07 Å². The van der Waals surface area contributed by atoms with Crippen LogP contribution in [-0.2, 0) is 4.74 Å². The number of ether oxygens (including phenoxy) is 1. The molecule has 5 nitrogen and oxygen atoms in total. The van der Waals surface area contributed by atoms with Crippen LogP contribution in [0, 0.1) is 5.82 Å². The number of nitrogens with one attached hydrogen (secondary N) is 1. The van der Waals surface area contributed by atoms with E-state index in [1.807, 2.05) is 0 Å². The molecule has 1 aromatic heterocycles. The molecule has 1 rings (SSSR count). The van der Waals surface area contributed by atoms with Crippen LogP contribution in [0.2, 0.25) is 0 Å². The first-order chi connectivity index (χ1) is 7.67. The molecule has 0 aliphatic heterocycles. The number of methoxy groups -OCH3 is 1. The monoisotopic (exact) mass is 227 g/mol. The number of hydrogen-bond acceptors (Lipinski definition) is 4. The van der Waals surface area contributed by atoms with Crippen LogP contribution < -0.4 is 11.1 Å². The number of pyridine rings is 1. The summed E-state index contributed by atoms with van der Waals surface area (Å²) in [4.78, 5) is 15.2. The molecule has 3 N–H and O–H groups in total. The van der Waals surface area contributed by atoms with Gasteiger partial charge in [0.05, 0.1) is 24.4 Å². The van der Waals surface area contributed by atoms with Gasteiger partial charge in [-0.2, -0.15) is 0 Å². The minimum absolute atomic E-state index is 0.162. The molecule has 0 radical (unpaired) electrons. The van der Waals surface area contributed by atoms with Gasteiger partial charge in [-0.3, -0.25) is 9.78 Å². The van der Waals surface area contributed by atoms with Crippen LogP contribution in [0.3, 0.4) is 0 Å². The molecule has 0 bridgehead atoms. The number of rotatable bonds is 5. The lowest BCUT2D eigenvalue weighted by Crippen LogP contribution is -2.43. The van der Waals surface area contributed by atoms with Gasteiger partial charge < -0.3 is 15.8 Å². The highest BCUT2D eigenvalue weighted by Crippen LogP contribution is 2.01. The number of carbonyl (C=O) groups is 1. The van der Waals surface area contributed by atoms with Gasteiger partial charge in [0.1, 0.15) is 5.82 Å². The highest BCUT2D eigenvalue weighted by atomic mass is 19.1. The molecule has 0 aromatic carbocycles. The number of halogens is 1. The SMILES string of the molecule is COCC(CN)NC(=O)c1cncc(F)c1. The van der Waals surface area contributed by atoms with Crippen molar-refractivity contribution < 1.29 is 13.9 Å². The molecule has 0 spiro atoms. The lowest BCUT2D eigenvalue weighted by atomic mass is 10.2. The number of nitrogens with two attached hydrogens (primary N) is 1. The van der Waals surface area contributed by atoms with Crippen molar-refractivity contribution in [2.24, 2.45) is 5.73 Å². The van der Waals surface area contributed by atoms with Crippen molar-refractivity contribution in [3.8, 4) is 0 Å². The Kier molecular flexibility index (Phi) is 4.81. The number of nitrogens with zero attached hydrogens (tertiary/aromatic N) is 1. The summed E-state index contributed by atoms with van der Waals surface area (Å²) >= 11 is 0. The van der Waals surface area contributed by atoms with Crippen LogP contribution in [0.1, 0.15) is 10.4 Å². The third-order valence-corrected chi connectivity index (χ3v) is 1.95. The van der Waals surface area contributed by atoms with Crippen molar-refractivity contribution in [3.05, 3.63) is 29.8 Å². The summed E-state index contributed by atoms with van der Waals surface area (Å²) in [6.45, 7) is 0.563. The van der Waals surface area contributed by atoms with Gasteiger partial charge in [0.25, 0.3) is 5.91 Å². The van der Waals surface area contributed by atoms with E-state index in [0.29, 0.717) is 6.61 Å². The summed E-state index contributed by atoms with van der Waals surface area (Å²) < 4.78 is 17.7. The van der Waals surface area contributed by atoms with Gasteiger partial charge in [-0.1, -0.05) is 0 Å². The second-order valence-electron chi connectivity index (χ2n) is 3.25. The van der Waals surface area contributed by atoms with Gasteiger partial charge in [-0.25, -0.2) is 4.39 Å². The average molecular weight is 227 g/mol. The average Bonchev–Trinajstić information content (AvgIpc) is 2.28. The second kappa shape index (κ2) is 6.14. The number of carbonyl (C=O) groups excluding carboxylic acids is 1. The molecule has 0 aliphatic rings. The van der Waals surface area contributed by atoms with E-state index in [1.54, 1.807) is 0 Å². The van der Waals surface area contributed by atoms with Crippen molar-refractivity contribution in [3.63, 3.8) is 0 Å². The van der Waals surface area contributed by atoms with Gasteiger partial charge >= 0.3 is 0 Å². The Morgan fingerprint density at radius 2 is 2.44 bits per heavy atom. The third kappa shape index (κ3) is 3.56. The molecular weight excluding hydrogens is 213 g/mol. The minimum Gasteiger partial charge on any atom is -0.383 e. The zero-order valence-electron chi connectivity index (χ0n) is 8.94. The number of hydrogen-bond donors (Lipinski definition) is 2. The van der Waals surface area contributed by atoms with Gasteiger partial charge in [-0.15, -0.1) is 0 Å². The second-order valence-corrected chi connectivity index (χ2v) is 3.25. The Morgan fingerprint density at radius 1 is 1.69 bits per heavy atom. The fourth-order valence-corrected chi connectivity index (χ4v) is 1.17. The van der Waals surface area contributed by atoms with Gasteiger partial charge in [0, 0.05) is 19.9 Å². The molecule has 0 saturated heterocycles. The van der Waals surface area contributed by atoms with Crippen molar-refractivity contribution in [1.29, 1.82) is 0 Å². The maximum Gasteiger partial charge on any atom is 0.253 e. The van der Waals surface area contributed by atoms with Crippen molar-refractivity contribution >= 4 is 5.91 Å². The number of aromatic nitrogens is 1. The summed E-state index contributed by atoms with van der Waals surface area (Å²) in [5.74, 6) is -0.969. The van der Waals surface area contributed by atoms with E-state index < -0.39 is 11.7 Å². The molecule has 0 aliphatic carbocycles.